The molecule has 0 aliphatic heterocycles. The Morgan fingerprint density at radius 2 is 1.62 bits per heavy atom. The van der Waals surface area contributed by atoms with Crippen LogP contribution in [0.5, 0.6) is 0 Å². The Labute approximate surface area is 84.3 Å². The fraction of sp³-hybridized carbons (Fsp3) is 0.800. The summed E-state index contributed by atoms with van der Waals surface area (Å²) >= 11 is -1.87. The van der Waals surface area contributed by atoms with Crippen molar-refractivity contribution in [1.82, 2.24) is 0 Å². The summed E-state index contributed by atoms with van der Waals surface area (Å²) in [6, 6.07) is 0. The molecule has 13 heavy (non-hydrogen) atoms. The Balaban J connectivity index is 4.46. The maximum absolute atomic E-state index is 9.46. The summed E-state index contributed by atoms with van der Waals surface area (Å²) in [4.78, 5) is 2.05. The maximum atomic E-state index is 9.46. The van der Waals surface area contributed by atoms with E-state index in [0.717, 1.165) is 0 Å². The zero-order valence-electron chi connectivity index (χ0n) is 9.26. The van der Waals surface area contributed by atoms with Gasteiger partial charge in [-0.25, -0.2) is 0 Å². The van der Waals surface area contributed by atoms with Crippen LogP contribution in [0.1, 0.15) is 27.7 Å². The van der Waals surface area contributed by atoms with Gasteiger partial charge in [0.25, 0.3) is 0 Å². The number of aliphatic hydroxyl groups excluding tert-OH is 1. The molecule has 0 aromatic carbocycles. The van der Waals surface area contributed by atoms with E-state index >= 15 is 0 Å². The van der Waals surface area contributed by atoms with Gasteiger partial charge in [0, 0.05) is 0 Å². The first-order chi connectivity index (χ1) is 6.14. The van der Waals surface area contributed by atoms with Gasteiger partial charge in [-0.1, -0.05) is 0 Å². The summed E-state index contributed by atoms with van der Waals surface area (Å²) in [7, 11) is 0. The van der Waals surface area contributed by atoms with Crippen molar-refractivity contribution in [2.24, 2.45) is 0 Å². The Kier molecular flexibility index (Phi) is 6.30. The van der Waals surface area contributed by atoms with Gasteiger partial charge in [0.2, 0.25) is 0 Å². The second kappa shape index (κ2) is 6.35. The van der Waals surface area contributed by atoms with Crippen LogP contribution in [-0.4, -0.2) is 25.0 Å². The van der Waals surface area contributed by atoms with E-state index in [4.69, 9.17) is 4.74 Å². The third-order valence-electron chi connectivity index (χ3n) is 2.83. The standard InChI is InChI=1S/C10H22GeO2/c1-5-11(6-2,7-3)9-10(12)13-8-4/h9,12H,5-8H2,1-4H3/b10-9+. The van der Waals surface area contributed by atoms with Crippen molar-refractivity contribution in [3.63, 3.8) is 0 Å². The van der Waals surface area contributed by atoms with Crippen LogP contribution in [0.2, 0.25) is 15.8 Å². The molecule has 0 heterocycles. The van der Waals surface area contributed by atoms with E-state index in [9.17, 15) is 5.11 Å². The van der Waals surface area contributed by atoms with Gasteiger partial charge >= 0.3 is 84.0 Å². The van der Waals surface area contributed by atoms with Crippen LogP contribution < -0.4 is 0 Å². The van der Waals surface area contributed by atoms with Crippen molar-refractivity contribution in [2.75, 3.05) is 6.61 Å². The van der Waals surface area contributed by atoms with Gasteiger partial charge in [0.15, 0.2) is 0 Å². The Hall–Kier alpha value is -0.117. The molecule has 0 aromatic rings. The first-order valence-electron chi connectivity index (χ1n) is 5.18. The molecule has 78 valence electrons. The molecule has 1 N–H and O–H groups in total. The van der Waals surface area contributed by atoms with Crippen molar-refractivity contribution in [1.29, 1.82) is 0 Å². The van der Waals surface area contributed by atoms with Gasteiger partial charge in [0.1, 0.15) is 0 Å². The van der Waals surface area contributed by atoms with Gasteiger partial charge in [-0.15, -0.1) is 0 Å². The molecular formula is C10H22GeO2. The molecule has 0 aromatic heterocycles. The molecule has 0 aliphatic carbocycles. The molecule has 0 aliphatic rings. The molecule has 0 bridgehead atoms. The zero-order chi connectivity index (χ0) is 10.3. The number of rotatable bonds is 6. The number of ether oxygens (including phenoxy) is 1. The number of aliphatic hydroxyl groups is 1. The third-order valence-corrected chi connectivity index (χ3v) is 13.5. The van der Waals surface area contributed by atoms with Gasteiger partial charge in [-0.05, 0) is 0 Å². The van der Waals surface area contributed by atoms with Crippen LogP contribution in [0.25, 0.3) is 0 Å². The molecule has 0 fully saturated rings. The summed E-state index contributed by atoms with van der Waals surface area (Å²) in [5.74, 6) is 0.160. The Morgan fingerprint density at radius 3 is 1.92 bits per heavy atom. The third kappa shape index (κ3) is 4.07. The molecule has 3 heteroatoms. The van der Waals surface area contributed by atoms with Crippen molar-refractivity contribution in [3.05, 3.63) is 10.9 Å². The van der Waals surface area contributed by atoms with E-state index < -0.39 is 13.3 Å². The molecule has 0 saturated heterocycles. The normalized spacial score (nSPS) is 13.1. The predicted molar refractivity (Wildman–Crippen MR) is 59.5 cm³/mol. The van der Waals surface area contributed by atoms with Crippen molar-refractivity contribution < 1.29 is 9.84 Å². The molecular weight excluding hydrogens is 225 g/mol. The number of hydrogen-bond acceptors (Lipinski definition) is 2. The summed E-state index contributed by atoms with van der Waals surface area (Å²) in [5.41, 5.74) is 0. The Morgan fingerprint density at radius 1 is 1.15 bits per heavy atom. The van der Waals surface area contributed by atoms with Gasteiger partial charge in [-0.2, -0.15) is 0 Å². The quantitative estimate of drug-likeness (QED) is 0.575. The molecule has 2 nitrogen and oxygen atoms in total. The van der Waals surface area contributed by atoms with Crippen LogP contribution in [0.3, 0.4) is 0 Å². The fourth-order valence-corrected chi connectivity index (χ4v) is 7.21. The van der Waals surface area contributed by atoms with Crippen LogP contribution in [0.4, 0.5) is 0 Å². The second-order valence-corrected chi connectivity index (χ2v) is 14.1. The fourth-order valence-electron chi connectivity index (χ4n) is 1.51. The molecule has 0 amide bonds. The SMILES string of the molecule is CCO/C(O)=[CH]/[Ge]([CH2]C)([CH2]C)[CH2]C. The van der Waals surface area contributed by atoms with Crippen LogP contribution in [0.15, 0.2) is 10.9 Å². The van der Waals surface area contributed by atoms with E-state index in [0.29, 0.717) is 6.61 Å². The monoisotopic (exact) mass is 248 g/mol. The molecule has 0 rings (SSSR count). The van der Waals surface area contributed by atoms with Crippen LogP contribution in [0, 0.1) is 0 Å². The molecule has 0 unspecified atom stereocenters. The van der Waals surface area contributed by atoms with E-state index in [-0.39, 0.29) is 5.95 Å². The summed E-state index contributed by atoms with van der Waals surface area (Å²) < 4.78 is 5.07. The summed E-state index contributed by atoms with van der Waals surface area (Å²) in [5, 5.41) is 13.1. The van der Waals surface area contributed by atoms with E-state index in [2.05, 4.69) is 20.8 Å². The minimum atomic E-state index is -1.87. The first kappa shape index (κ1) is 12.9. The topological polar surface area (TPSA) is 29.5 Å². The second-order valence-electron chi connectivity index (χ2n) is 3.34. The van der Waals surface area contributed by atoms with Gasteiger partial charge in [0.05, 0.1) is 0 Å². The van der Waals surface area contributed by atoms with E-state index in [1.54, 1.807) is 0 Å². The molecule has 0 spiro atoms. The van der Waals surface area contributed by atoms with Gasteiger partial charge < -0.3 is 0 Å². The van der Waals surface area contributed by atoms with Crippen LogP contribution in [-0.2, 0) is 4.74 Å². The number of hydrogen-bond donors (Lipinski definition) is 1. The minimum absolute atomic E-state index is 0.160. The van der Waals surface area contributed by atoms with Gasteiger partial charge in [-0.3, -0.25) is 0 Å². The van der Waals surface area contributed by atoms with E-state index in [1.165, 1.54) is 15.8 Å². The average molecular weight is 247 g/mol. The summed E-state index contributed by atoms with van der Waals surface area (Å²) in [6.07, 6.45) is 0. The van der Waals surface area contributed by atoms with Crippen molar-refractivity contribution in [3.8, 4) is 0 Å². The predicted octanol–water partition coefficient (Wildman–Crippen LogP) is 3.47. The molecule has 0 atom stereocenters. The van der Waals surface area contributed by atoms with Crippen LogP contribution >= 0.6 is 0 Å². The summed E-state index contributed by atoms with van der Waals surface area (Å²) in [6.45, 7) is 9.12. The molecule has 0 radical (unpaired) electrons. The molecule has 0 saturated carbocycles. The first-order valence-corrected chi connectivity index (χ1v) is 10.8. The van der Waals surface area contributed by atoms with Crippen molar-refractivity contribution >= 4 is 13.3 Å². The Bertz CT molecular complexity index is 154. The van der Waals surface area contributed by atoms with E-state index in [1.807, 2.05) is 11.8 Å². The average Bonchev–Trinajstić information content (AvgIpc) is 2.15. The van der Waals surface area contributed by atoms with Crippen molar-refractivity contribution in [2.45, 2.75) is 43.5 Å². The zero-order valence-corrected chi connectivity index (χ0v) is 11.4.